The van der Waals surface area contributed by atoms with Crippen molar-refractivity contribution in [1.29, 1.82) is 0 Å². The number of unbranched alkanes of at least 4 members (excludes halogenated alkanes) is 55. The van der Waals surface area contributed by atoms with Crippen molar-refractivity contribution in [1.82, 2.24) is 0 Å². The van der Waals surface area contributed by atoms with Crippen LogP contribution in [0.25, 0.3) is 0 Å². The third-order valence-corrected chi connectivity index (χ3v) is 17.5. The van der Waals surface area contributed by atoms with Crippen LogP contribution in [0.2, 0.25) is 0 Å². The maximum Gasteiger partial charge on any atom is 0.361 e. The van der Waals surface area contributed by atoms with Gasteiger partial charge in [0, 0.05) is 12.8 Å². The van der Waals surface area contributed by atoms with Crippen LogP contribution in [0, 0.1) is 0 Å². The maximum absolute atomic E-state index is 12.9. The summed E-state index contributed by atoms with van der Waals surface area (Å²) < 4.78 is 23.0. The second kappa shape index (κ2) is 68.0. The van der Waals surface area contributed by atoms with Gasteiger partial charge in [-0.15, -0.1) is 0 Å². The topological polar surface area (TPSA) is 108 Å². The van der Waals surface area contributed by atoms with Crippen LogP contribution in [0.15, 0.2) is 12.2 Å². The van der Waals surface area contributed by atoms with Gasteiger partial charge in [-0.25, -0.2) is 4.79 Å². The lowest BCUT2D eigenvalue weighted by molar-refractivity contribution is -0.870. The number of hydrogen-bond donors (Lipinski definition) is 1. The SMILES string of the molecule is CCCCCCCCCC/C=C\CCCCCCCCCCCCCC(=O)OC(COC(=O)CCCCCCCCCCCCCCCCCCCCCCCCCCCCCCCCCCCCCCC)COC(OCC[N+](C)(C)C)C(=O)O. The summed E-state index contributed by atoms with van der Waals surface area (Å²) in [6.07, 6.45) is 80.8. The molecule has 0 aliphatic carbocycles. The van der Waals surface area contributed by atoms with E-state index in [1.165, 1.54) is 334 Å². The molecule has 0 saturated heterocycles. The molecule has 0 aliphatic heterocycles. The van der Waals surface area contributed by atoms with Crippen LogP contribution in [0.5, 0.6) is 0 Å². The zero-order chi connectivity index (χ0) is 61.9. The Labute approximate surface area is 529 Å². The zero-order valence-corrected chi connectivity index (χ0v) is 57.8. The van der Waals surface area contributed by atoms with Crippen molar-refractivity contribution in [3.05, 3.63) is 12.2 Å². The number of carbonyl (C=O) groups excluding carboxylic acids is 2. The van der Waals surface area contributed by atoms with Crippen LogP contribution >= 0.6 is 0 Å². The Morgan fingerprint density at radius 3 is 0.871 bits per heavy atom. The molecular weight excluding hydrogens is 1050 g/mol. The van der Waals surface area contributed by atoms with Crippen molar-refractivity contribution in [3.8, 4) is 0 Å². The Kier molecular flexibility index (Phi) is 66.4. The Hall–Kier alpha value is -1.97. The monoisotopic (exact) mass is 1200 g/mol. The van der Waals surface area contributed by atoms with Gasteiger partial charge in [-0.1, -0.05) is 360 Å². The highest BCUT2D eigenvalue weighted by Crippen LogP contribution is 2.20. The summed E-state index contributed by atoms with van der Waals surface area (Å²) in [4.78, 5) is 37.6. The molecule has 2 atom stereocenters. The van der Waals surface area contributed by atoms with E-state index in [4.69, 9.17) is 18.9 Å². The highest BCUT2D eigenvalue weighted by Gasteiger charge is 2.25. The summed E-state index contributed by atoms with van der Waals surface area (Å²) in [6, 6.07) is 0. The van der Waals surface area contributed by atoms with E-state index >= 15 is 0 Å². The van der Waals surface area contributed by atoms with Crippen molar-refractivity contribution in [2.24, 2.45) is 0 Å². The largest absolute Gasteiger partial charge is 0.477 e. The molecule has 0 saturated carbocycles. The van der Waals surface area contributed by atoms with Crippen LogP contribution in [0.1, 0.15) is 399 Å². The number of carbonyl (C=O) groups is 3. The highest BCUT2D eigenvalue weighted by molar-refractivity contribution is 5.71. The van der Waals surface area contributed by atoms with Crippen LogP contribution in [-0.4, -0.2) is 87.4 Å². The Bertz CT molecular complexity index is 1400. The lowest BCUT2D eigenvalue weighted by atomic mass is 10.0. The predicted molar refractivity (Wildman–Crippen MR) is 365 cm³/mol. The van der Waals surface area contributed by atoms with Crippen molar-refractivity contribution in [3.63, 3.8) is 0 Å². The van der Waals surface area contributed by atoms with E-state index in [9.17, 15) is 19.5 Å². The van der Waals surface area contributed by atoms with Gasteiger partial charge in [0.2, 0.25) is 0 Å². The standard InChI is InChI=1S/C76H147NO8/c1-6-8-10-12-14-16-18-20-22-24-26-28-30-31-32-33-34-35-36-37-38-39-40-41-42-43-45-46-48-50-52-54-56-58-60-62-64-66-73(78)83-70-72(71-84-76(75(80)81)82-69-68-77(3,4)5)85-74(79)67-65-63-61-59-57-55-53-51-49-47-44-29-27-25-23-21-19-17-15-13-11-9-7-2/h25,27,72,76H,6-24,26,28-71H2,1-5H3/p+1/b27-25-. The molecule has 1 N–H and O–H groups in total. The van der Waals surface area contributed by atoms with E-state index in [-0.39, 0.29) is 38.2 Å². The van der Waals surface area contributed by atoms with E-state index in [0.717, 1.165) is 38.5 Å². The van der Waals surface area contributed by atoms with E-state index in [1.807, 2.05) is 21.1 Å². The van der Waals surface area contributed by atoms with Crippen molar-refractivity contribution in [2.75, 3.05) is 47.5 Å². The maximum atomic E-state index is 12.9. The average molecular weight is 1200 g/mol. The number of nitrogens with zero attached hydrogens (tertiary/aromatic N) is 1. The summed E-state index contributed by atoms with van der Waals surface area (Å²) in [6.45, 7) is 4.96. The van der Waals surface area contributed by atoms with Crippen LogP contribution in [-0.2, 0) is 33.3 Å². The number of rotatable bonds is 72. The first kappa shape index (κ1) is 83.0. The number of carboxylic acid groups (broad SMARTS) is 1. The molecule has 0 aromatic carbocycles. The number of likely N-dealkylation sites (N-methyl/N-ethyl adjacent to an activating group) is 1. The summed E-state index contributed by atoms with van der Waals surface area (Å²) in [7, 11) is 5.99. The van der Waals surface area contributed by atoms with Crippen LogP contribution in [0.3, 0.4) is 0 Å². The molecule has 0 radical (unpaired) electrons. The fourth-order valence-corrected chi connectivity index (χ4v) is 11.7. The minimum atomic E-state index is -1.51. The predicted octanol–water partition coefficient (Wildman–Crippen LogP) is 23.6. The molecule has 0 heterocycles. The minimum Gasteiger partial charge on any atom is -0.477 e. The van der Waals surface area contributed by atoms with E-state index in [2.05, 4.69) is 26.0 Å². The fraction of sp³-hybridized carbons (Fsp3) is 0.934. The molecule has 0 spiro atoms. The van der Waals surface area contributed by atoms with Crippen molar-refractivity contribution >= 4 is 17.9 Å². The molecule has 504 valence electrons. The van der Waals surface area contributed by atoms with Gasteiger partial charge in [0.05, 0.1) is 34.4 Å². The lowest BCUT2D eigenvalue weighted by Crippen LogP contribution is -2.40. The first-order valence-corrected chi connectivity index (χ1v) is 37.9. The van der Waals surface area contributed by atoms with Gasteiger partial charge < -0.3 is 28.5 Å². The smallest absolute Gasteiger partial charge is 0.361 e. The number of aliphatic carboxylic acids is 1. The van der Waals surface area contributed by atoms with Gasteiger partial charge in [0.1, 0.15) is 13.2 Å². The van der Waals surface area contributed by atoms with Crippen LogP contribution in [0.4, 0.5) is 0 Å². The van der Waals surface area contributed by atoms with Crippen molar-refractivity contribution < 1.29 is 42.9 Å². The van der Waals surface area contributed by atoms with Gasteiger partial charge in [0.15, 0.2) is 6.10 Å². The first-order chi connectivity index (χ1) is 41.6. The van der Waals surface area contributed by atoms with E-state index in [0.29, 0.717) is 17.4 Å². The number of quaternary nitrogens is 1. The third kappa shape index (κ3) is 69.4. The molecule has 0 rings (SSSR count). The number of allylic oxidation sites excluding steroid dienone is 2. The molecule has 85 heavy (non-hydrogen) atoms. The second-order valence-corrected chi connectivity index (χ2v) is 27.3. The summed E-state index contributed by atoms with van der Waals surface area (Å²) in [5.41, 5.74) is 0. The molecule has 0 aromatic heterocycles. The Morgan fingerprint density at radius 2 is 0.600 bits per heavy atom. The second-order valence-electron chi connectivity index (χ2n) is 27.3. The molecule has 0 aromatic rings. The summed E-state index contributed by atoms with van der Waals surface area (Å²) in [5, 5.41) is 9.75. The Morgan fingerprint density at radius 1 is 0.341 bits per heavy atom. The first-order valence-electron chi connectivity index (χ1n) is 37.9. The summed E-state index contributed by atoms with van der Waals surface area (Å²) >= 11 is 0. The van der Waals surface area contributed by atoms with Gasteiger partial charge >= 0.3 is 17.9 Å². The zero-order valence-electron chi connectivity index (χ0n) is 57.8. The molecule has 9 heteroatoms. The normalized spacial score (nSPS) is 12.6. The minimum absolute atomic E-state index is 0.175. The summed E-state index contributed by atoms with van der Waals surface area (Å²) in [5.74, 6) is -1.97. The van der Waals surface area contributed by atoms with Gasteiger partial charge in [-0.2, -0.15) is 0 Å². The quantitative estimate of drug-likeness (QED) is 0.0211. The molecular formula is C76H148NO8+. The third-order valence-electron chi connectivity index (χ3n) is 17.5. The number of ether oxygens (including phenoxy) is 4. The molecule has 0 fully saturated rings. The van der Waals surface area contributed by atoms with E-state index in [1.54, 1.807) is 0 Å². The van der Waals surface area contributed by atoms with Crippen molar-refractivity contribution in [2.45, 2.75) is 411 Å². The molecule has 2 unspecified atom stereocenters. The Balaban J connectivity index is 3.95. The molecule has 9 nitrogen and oxygen atoms in total. The molecule has 0 aliphatic rings. The molecule has 0 amide bonds. The van der Waals surface area contributed by atoms with Crippen LogP contribution < -0.4 is 0 Å². The van der Waals surface area contributed by atoms with Gasteiger partial charge in [-0.05, 0) is 38.5 Å². The van der Waals surface area contributed by atoms with Gasteiger partial charge in [0.25, 0.3) is 6.29 Å². The highest BCUT2D eigenvalue weighted by atomic mass is 16.7. The lowest BCUT2D eigenvalue weighted by Gasteiger charge is -2.25. The average Bonchev–Trinajstić information content (AvgIpc) is 3.49. The number of esters is 2. The van der Waals surface area contributed by atoms with Gasteiger partial charge in [-0.3, -0.25) is 9.59 Å². The number of carboxylic acids is 1. The van der Waals surface area contributed by atoms with E-state index < -0.39 is 18.4 Å². The number of hydrogen-bond acceptors (Lipinski definition) is 7. The fourth-order valence-electron chi connectivity index (χ4n) is 11.7. The molecule has 0 bridgehead atoms.